The maximum absolute atomic E-state index is 12.9. The number of allylic oxidation sites excluding steroid dienone is 2. The third-order valence-electron chi connectivity index (χ3n) is 4.23. The summed E-state index contributed by atoms with van der Waals surface area (Å²) in [5.74, 6) is 0. The molecule has 1 aromatic rings. The highest BCUT2D eigenvalue weighted by molar-refractivity contribution is 6.39. The molecule has 0 radical (unpaired) electrons. The molecular weight excluding hydrogens is 370 g/mol. The molecule has 0 aromatic heterocycles. The summed E-state index contributed by atoms with van der Waals surface area (Å²) in [5.41, 5.74) is -0.0808. The molecule has 0 spiro atoms. The Morgan fingerprint density at radius 2 is 1.70 bits per heavy atom. The molecule has 2 aliphatic rings. The number of halogens is 6. The van der Waals surface area contributed by atoms with Crippen molar-refractivity contribution in [3.63, 3.8) is 0 Å². The number of nitrogens with zero attached hydrogens (tertiary/aromatic N) is 1. The van der Waals surface area contributed by atoms with E-state index in [4.69, 9.17) is 34.8 Å². The van der Waals surface area contributed by atoms with Crippen LogP contribution < -0.4 is 0 Å². The number of hydrogen-bond donors (Lipinski definition) is 0. The maximum Gasteiger partial charge on any atom is 0.414 e. The van der Waals surface area contributed by atoms with Crippen LogP contribution in [0.2, 0.25) is 15.1 Å². The number of hydrogen-bond acceptors (Lipinski definition) is 1. The lowest BCUT2D eigenvalue weighted by Crippen LogP contribution is -2.34. The van der Waals surface area contributed by atoms with Crippen LogP contribution in [-0.4, -0.2) is 24.2 Å². The molecule has 3 rings (SSSR count). The van der Waals surface area contributed by atoms with Gasteiger partial charge in [-0.2, -0.15) is 13.2 Å². The van der Waals surface area contributed by atoms with Crippen LogP contribution in [0.3, 0.4) is 0 Å². The van der Waals surface area contributed by atoms with E-state index in [-0.39, 0.29) is 12.0 Å². The molecule has 23 heavy (non-hydrogen) atoms. The monoisotopic (exact) mass is 381 g/mol. The van der Waals surface area contributed by atoms with Gasteiger partial charge in [0.05, 0.1) is 5.57 Å². The zero-order valence-corrected chi connectivity index (χ0v) is 14.2. The minimum atomic E-state index is -4.31. The Labute approximate surface area is 147 Å². The predicted molar refractivity (Wildman–Crippen MR) is 87.2 cm³/mol. The lowest BCUT2D eigenvalue weighted by Gasteiger charge is -2.30. The molecule has 1 nitrogen and oxygen atoms in total. The van der Waals surface area contributed by atoms with Gasteiger partial charge < -0.3 is 4.90 Å². The topological polar surface area (TPSA) is 3.24 Å². The van der Waals surface area contributed by atoms with Gasteiger partial charge in [0.1, 0.15) is 0 Å². The highest BCUT2D eigenvalue weighted by Crippen LogP contribution is 2.54. The first kappa shape index (κ1) is 17.0. The smallest absolute Gasteiger partial charge is 0.372 e. The summed E-state index contributed by atoms with van der Waals surface area (Å²) < 4.78 is 38.6. The van der Waals surface area contributed by atoms with Crippen molar-refractivity contribution in [2.24, 2.45) is 0 Å². The second kappa shape index (κ2) is 5.91. The first-order valence-corrected chi connectivity index (χ1v) is 8.18. The van der Waals surface area contributed by atoms with Gasteiger partial charge in [-0.15, -0.1) is 0 Å². The fraction of sp³-hybridized carbons (Fsp3) is 0.375. The van der Waals surface area contributed by atoms with Crippen molar-refractivity contribution in [2.45, 2.75) is 24.4 Å². The van der Waals surface area contributed by atoms with Gasteiger partial charge in [-0.25, -0.2) is 0 Å². The summed E-state index contributed by atoms with van der Waals surface area (Å²) in [5, 5.41) is 1.37. The fourth-order valence-electron chi connectivity index (χ4n) is 2.97. The van der Waals surface area contributed by atoms with Gasteiger partial charge in [0.15, 0.2) is 0 Å². The molecule has 7 heteroatoms. The minimum Gasteiger partial charge on any atom is -0.372 e. The van der Waals surface area contributed by atoms with Crippen LogP contribution in [-0.2, 0) is 5.41 Å². The van der Waals surface area contributed by atoms with Crippen LogP contribution in [0.15, 0.2) is 36.1 Å². The van der Waals surface area contributed by atoms with Crippen molar-refractivity contribution in [1.29, 1.82) is 0 Å². The van der Waals surface area contributed by atoms with E-state index in [2.05, 4.69) is 0 Å². The van der Waals surface area contributed by atoms with E-state index in [1.807, 2.05) is 0 Å². The standard InChI is InChI=1S/C16H13Cl3F3N/c17-11-6-12(18)14(13(19)7-11)15(3-4-15)9-23-5-1-2-10(8-23)16(20,21)22/h1-2,5-7H,3-4,8-9H2. The summed E-state index contributed by atoms with van der Waals surface area (Å²) in [7, 11) is 0. The molecule has 1 fully saturated rings. The molecule has 0 unspecified atom stereocenters. The molecule has 1 heterocycles. The van der Waals surface area contributed by atoms with Gasteiger partial charge >= 0.3 is 6.18 Å². The zero-order chi connectivity index (χ0) is 16.8. The Hall–Kier alpha value is -0.840. The first-order valence-electron chi connectivity index (χ1n) is 7.05. The zero-order valence-electron chi connectivity index (χ0n) is 11.9. The van der Waals surface area contributed by atoms with Crippen molar-refractivity contribution < 1.29 is 13.2 Å². The van der Waals surface area contributed by atoms with Crippen LogP contribution in [0, 0.1) is 0 Å². The number of rotatable bonds is 3. The first-order chi connectivity index (χ1) is 10.7. The Bertz CT molecular complexity index is 667. The van der Waals surface area contributed by atoms with Crippen LogP contribution in [0.5, 0.6) is 0 Å². The Morgan fingerprint density at radius 1 is 1.09 bits per heavy atom. The number of benzene rings is 1. The van der Waals surface area contributed by atoms with Crippen LogP contribution in [0.4, 0.5) is 13.2 Å². The van der Waals surface area contributed by atoms with Crippen molar-refractivity contribution in [2.75, 3.05) is 13.1 Å². The highest BCUT2D eigenvalue weighted by atomic mass is 35.5. The van der Waals surface area contributed by atoms with E-state index in [1.54, 1.807) is 23.2 Å². The van der Waals surface area contributed by atoms with Crippen molar-refractivity contribution >= 4 is 34.8 Å². The van der Waals surface area contributed by atoms with E-state index >= 15 is 0 Å². The SMILES string of the molecule is FC(F)(F)C1=CC=CN(CC2(c3c(Cl)cc(Cl)cc3Cl)CC2)C1. The second-order valence-corrected chi connectivity index (χ2v) is 7.21. The minimum absolute atomic E-state index is 0.162. The van der Waals surface area contributed by atoms with Gasteiger partial charge in [0.2, 0.25) is 0 Å². The van der Waals surface area contributed by atoms with E-state index in [1.165, 1.54) is 6.08 Å². The van der Waals surface area contributed by atoms with Crippen LogP contribution >= 0.6 is 34.8 Å². The normalized spacial score (nSPS) is 19.7. The summed E-state index contributed by atoms with van der Waals surface area (Å²) in [6, 6.07) is 3.25. The fourth-order valence-corrected chi connectivity index (χ4v) is 4.19. The van der Waals surface area contributed by atoms with Gasteiger partial charge in [-0.05, 0) is 42.8 Å². The molecular formula is C16H13Cl3F3N. The molecule has 0 saturated heterocycles. The van der Waals surface area contributed by atoms with E-state index in [9.17, 15) is 13.2 Å². The van der Waals surface area contributed by atoms with Crippen LogP contribution in [0.25, 0.3) is 0 Å². The molecule has 1 aliphatic heterocycles. The number of alkyl halides is 3. The van der Waals surface area contributed by atoms with Gasteiger partial charge in [-0.3, -0.25) is 0 Å². The summed E-state index contributed by atoms with van der Waals surface area (Å²) in [6.45, 7) is 0.280. The van der Waals surface area contributed by atoms with Gasteiger partial charge in [0.25, 0.3) is 0 Å². The third kappa shape index (κ3) is 3.49. The van der Waals surface area contributed by atoms with E-state index in [0.29, 0.717) is 21.6 Å². The molecule has 0 N–H and O–H groups in total. The molecule has 1 aromatic carbocycles. The summed E-state index contributed by atoms with van der Waals surface area (Å²) in [4.78, 5) is 1.66. The Kier molecular flexibility index (Phi) is 4.36. The molecule has 0 amide bonds. The quantitative estimate of drug-likeness (QED) is 0.620. The van der Waals surface area contributed by atoms with Crippen LogP contribution in [0.1, 0.15) is 18.4 Å². The van der Waals surface area contributed by atoms with E-state index < -0.39 is 11.7 Å². The lowest BCUT2D eigenvalue weighted by molar-refractivity contribution is -0.0953. The summed E-state index contributed by atoms with van der Waals surface area (Å²) >= 11 is 18.5. The van der Waals surface area contributed by atoms with Crippen molar-refractivity contribution in [1.82, 2.24) is 4.90 Å². The van der Waals surface area contributed by atoms with Gasteiger partial charge in [-0.1, -0.05) is 40.9 Å². The molecule has 1 aliphatic carbocycles. The third-order valence-corrected chi connectivity index (χ3v) is 5.04. The lowest BCUT2D eigenvalue weighted by atomic mass is 9.94. The second-order valence-electron chi connectivity index (χ2n) is 5.96. The summed E-state index contributed by atoms with van der Waals surface area (Å²) in [6.07, 6.45) is 1.57. The van der Waals surface area contributed by atoms with Crippen molar-refractivity contribution in [3.05, 3.63) is 56.7 Å². The molecule has 0 bridgehead atoms. The Morgan fingerprint density at radius 3 is 2.22 bits per heavy atom. The molecule has 124 valence electrons. The van der Waals surface area contributed by atoms with Gasteiger partial charge in [0, 0.05) is 33.6 Å². The Balaban J connectivity index is 1.82. The molecule has 1 saturated carbocycles. The van der Waals surface area contributed by atoms with Crippen molar-refractivity contribution in [3.8, 4) is 0 Å². The van der Waals surface area contributed by atoms with E-state index in [0.717, 1.165) is 24.5 Å². The molecule has 0 atom stereocenters. The highest BCUT2D eigenvalue weighted by Gasteiger charge is 2.48. The average molecular weight is 383 g/mol. The largest absolute Gasteiger partial charge is 0.414 e. The predicted octanol–water partition coefficient (Wildman–Crippen LogP) is 6.00. The average Bonchev–Trinajstić information content (AvgIpc) is 3.17. The maximum atomic E-state index is 12.9.